The molecule has 9 heteroatoms. The summed E-state index contributed by atoms with van der Waals surface area (Å²) in [6.45, 7) is 0. The molecule has 5 nitrogen and oxygen atoms in total. The second kappa shape index (κ2) is 8.55. The van der Waals surface area contributed by atoms with Crippen molar-refractivity contribution < 1.29 is 4.79 Å². The van der Waals surface area contributed by atoms with E-state index in [9.17, 15) is 4.79 Å². The number of rotatable bonds is 4. The summed E-state index contributed by atoms with van der Waals surface area (Å²) in [5.74, 6) is 0.863. The molecule has 1 aromatic heterocycles. The fourth-order valence-electron chi connectivity index (χ4n) is 2.34. The predicted octanol–water partition coefficient (Wildman–Crippen LogP) is 4.77. The highest BCUT2D eigenvalue weighted by atomic mass is 79.9. The van der Waals surface area contributed by atoms with Gasteiger partial charge in [-0.15, -0.1) is 16.4 Å². The van der Waals surface area contributed by atoms with E-state index in [1.807, 2.05) is 48.5 Å². The summed E-state index contributed by atoms with van der Waals surface area (Å²) in [5.41, 5.74) is 2.90. The van der Waals surface area contributed by atoms with Crippen molar-refractivity contribution in [2.45, 2.75) is 4.34 Å². The van der Waals surface area contributed by atoms with Crippen molar-refractivity contribution >= 4 is 77.8 Å². The molecule has 1 aliphatic heterocycles. The Morgan fingerprint density at radius 3 is 2.70 bits per heavy atom. The highest BCUT2D eigenvalue weighted by molar-refractivity contribution is 9.10. The lowest BCUT2D eigenvalue weighted by Gasteiger charge is -2.12. The summed E-state index contributed by atoms with van der Waals surface area (Å²) in [6.07, 6.45) is 0. The fourth-order valence-corrected chi connectivity index (χ4v) is 5.26. The Morgan fingerprint density at radius 2 is 1.96 bits per heavy atom. The number of thiazole rings is 1. The number of carbonyl (C=O) groups is 1. The van der Waals surface area contributed by atoms with Gasteiger partial charge in [-0.2, -0.15) is 5.10 Å². The number of benzene rings is 2. The van der Waals surface area contributed by atoms with Crippen LogP contribution in [0.3, 0.4) is 0 Å². The molecule has 1 N–H and O–H groups in total. The summed E-state index contributed by atoms with van der Waals surface area (Å²) in [5, 5.41) is 11.7. The van der Waals surface area contributed by atoms with Gasteiger partial charge < -0.3 is 5.32 Å². The van der Waals surface area contributed by atoms with E-state index >= 15 is 0 Å². The molecular formula is C18H13BrN4OS3. The van der Waals surface area contributed by atoms with Gasteiger partial charge in [-0.05, 0) is 29.8 Å². The van der Waals surface area contributed by atoms with Crippen molar-refractivity contribution in [3.8, 4) is 0 Å². The van der Waals surface area contributed by atoms with Gasteiger partial charge in [0.15, 0.2) is 9.51 Å². The topological polar surface area (TPSA) is 66.7 Å². The molecule has 136 valence electrons. The molecule has 0 bridgehead atoms. The quantitative estimate of drug-likeness (QED) is 0.550. The van der Waals surface area contributed by atoms with E-state index in [-0.39, 0.29) is 5.91 Å². The van der Waals surface area contributed by atoms with Crippen molar-refractivity contribution in [3.63, 3.8) is 0 Å². The number of nitrogens with one attached hydrogen (secondary N) is 1. The molecule has 1 amide bonds. The van der Waals surface area contributed by atoms with Gasteiger partial charge in [0.25, 0.3) is 0 Å². The molecule has 4 rings (SSSR count). The molecule has 0 radical (unpaired) electrons. The molecule has 0 saturated heterocycles. The van der Waals surface area contributed by atoms with Crippen LogP contribution in [0.25, 0.3) is 10.2 Å². The summed E-state index contributed by atoms with van der Waals surface area (Å²) in [4.78, 5) is 16.7. The smallest absolute Gasteiger partial charge is 0.236 e. The average molecular weight is 477 g/mol. The van der Waals surface area contributed by atoms with Crippen LogP contribution in [-0.2, 0) is 4.79 Å². The van der Waals surface area contributed by atoms with Gasteiger partial charge in [-0.3, -0.25) is 4.79 Å². The first-order valence-electron chi connectivity index (χ1n) is 7.99. The molecule has 0 unspecified atom stereocenters. The Labute approximate surface area is 176 Å². The third-order valence-corrected chi connectivity index (χ3v) is 7.21. The van der Waals surface area contributed by atoms with E-state index in [0.29, 0.717) is 16.7 Å². The van der Waals surface area contributed by atoms with Gasteiger partial charge in [-0.25, -0.2) is 4.98 Å². The molecule has 2 heterocycles. The van der Waals surface area contributed by atoms with Crippen molar-refractivity contribution in [1.29, 1.82) is 0 Å². The maximum absolute atomic E-state index is 12.2. The zero-order valence-corrected chi connectivity index (χ0v) is 17.9. The van der Waals surface area contributed by atoms with E-state index in [4.69, 9.17) is 0 Å². The van der Waals surface area contributed by atoms with E-state index in [2.05, 4.69) is 36.4 Å². The van der Waals surface area contributed by atoms with Crippen LogP contribution in [0, 0.1) is 0 Å². The SMILES string of the molecule is O=C(CSc1nc2ccccc2s1)NC1=NN=C(c2ccc(Br)cc2)CS1. The van der Waals surface area contributed by atoms with E-state index < -0.39 is 0 Å². The van der Waals surface area contributed by atoms with Crippen molar-refractivity contribution in [2.24, 2.45) is 10.2 Å². The second-order valence-electron chi connectivity index (χ2n) is 5.53. The van der Waals surface area contributed by atoms with Gasteiger partial charge >= 0.3 is 0 Å². The lowest BCUT2D eigenvalue weighted by molar-refractivity contribution is -0.117. The first-order chi connectivity index (χ1) is 13.2. The lowest BCUT2D eigenvalue weighted by Crippen LogP contribution is -2.31. The Kier molecular flexibility index (Phi) is 5.92. The van der Waals surface area contributed by atoms with E-state index in [1.54, 1.807) is 11.3 Å². The normalized spacial score (nSPS) is 14.0. The summed E-state index contributed by atoms with van der Waals surface area (Å²) in [6, 6.07) is 15.9. The van der Waals surface area contributed by atoms with Crippen LogP contribution in [-0.4, -0.2) is 33.3 Å². The minimum Gasteiger partial charge on any atom is -0.303 e. The molecule has 0 saturated carbocycles. The van der Waals surface area contributed by atoms with Gasteiger partial charge in [0.1, 0.15) is 0 Å². The molecule has 0 spiro atoms. The van der Waals surface area contributed by atoms with E-state index in [0.717, 1.165) is 30.3 Å². The Balaban J connectivity index is 1.33. The zero-order valence-electron chi connectivity index (χ0n) is 13.9. The van der Waals surface area contributed by atoms with Crippen LogP contribution in [0.5, 0.6) is 0 Å². The highest BCUT2D eigenvalue weighted by Crippen LogP contribution is 2.29. The molecule has 0 aliphatic carbocycles. The average Bonchev–Trinajstić information content (AvgIpc) is 3.11. The molecule has 1 aliphatic rings. The van der Waals surface area contributed by atoms with Gasteiger partial charge in [0, 0.05) is 10.2 Å². The van der Waals surface area contributed by atoms with Crippen LogP contribution in [0.15, 0.2) is 67.5 Å². The largest absolute Gasteiger partial charge is 0.303 e. The monoisotopic (exact) mass is 476 g/mol. The number of hydrogen-bond acceptors (Lipinski definition) is 7. The van der Waals surface area contributed by atoms with Crippen LogP contribution < -0.4 is 5.32 Å². The third-order valence-electron chi connectivity index (χ3n) is 3.63. The molecule has 0 atom stereocenters. The summed E-state index contributed by atoms with van der Waals surface area (Å²) in [7, 11) is 0. The number of nitrogens with zero attached hydrogens (tertiary/aromatic N) is 3. The molecule has 2 aromatic carbocycles. The van der Waals surface area contributed by atoms with Crippen molar-refractivity contribution in [1.82, 2.24) is 10.3 Å². The first-order valence-corrected chi connectivity index (χ1v) is 11.6. The molecule has 0 fully saturated rings. The van der Waals surface area contributed by atoms with Crippen molar-refractivity contribution in [2.75, 3.05) is 11.5 Å². The first kappa shape index (κ1) is 18.7. The fraction of sp³-hybridized carbons (Fsp3) is 0.111. The second-order valence-corrected chi connectivity index (χ2v) is 9.66. The van der Waals surface area contributed by atoms with Gasteiger partial charge in [0.05, 0.1) is 21.7 Å². The van der Waals surface area contributed by atoms with Crippen molar-refractivity contribution in [3.05, 3.63) is 58.6 Å². The molecular weight excluding hydrogens is 464 g/mol. The number of hydrogen-bond donors (Lipinski definition) is 1. The number of fused-ring (bicyclic) bond motifs is 1. The standard InChI is InChI=1S/C18H13BrN4OS3/c19-12-7-5-11(6-8-12)14-9-25-17(23-22-14)21-16(24)10-26-18-20-13-3-1-2-4-15(13)27-18/h1-8H,9-10H2,(H,21,23,24). The Bertz CT molecular complexity index is 1010. The van der Waals surface area contributed by atoms with Crippen LogP contribution in [0.2, 0.25) is 0 Å². The number of para-hydroxylation sites is 1. The number of amidine groups is 1. The zero-order chi connectivity index (χ0) is 18.6. The third kappa shape index (κ3) is 4.78. The minimum absolute atomic E-state index is 0.104. The maximum atomic E-state index is 12.2. The summed E-state index contributed by atoms with van der Waals surface area (Å²) < 4.78 is 3.04. The van der Waals surface area contributed by atoms with Gasteiger partial charge in [0.2, 0.25) is 5.91 Å². The highest BCUT2D eigenvalue weighted by Gasteiger charge is 2.15. The van der Waals surface area contributed by atoms with E-state index in [1.165, 1.54) is 23.5 Å². The maximum Gasteiger partial charge on any atom is 0.236 e. The summed E-state index contributed by atoms with van der Waals surface area (Å²) >= 11 is 7.93. The van der Waals surface area contributed by atoms with Gasteiger partial charge in [-0.1, -0.05) is 63.7 Å². The minimum atomic E-state index is -0.104. The Morgan fingerprint density at radius 1 is 1.15 bits per heavy atom. The number of amides is 1. The number of thioether (sulfide) groups is 2. The molecule has 3 aromatic rings. The van der Waals surface area contributed by atoms with Crippen LogP contribution >= 0.6 is 50.8 Å². The Hall–Kier alpha value is -1.68. The number of aromatic nitrogens is 1. The number of carbonyl (C=O) groups excluding carboxylic acids is 1. The number of halogens is 1. The van der Waals surface area contributed by atoms with Crippen LogP contribution in [0.1, 0.15) is 5.56 Å². The lowest BCUT2D eigenvalue weighted by atomic mass is 10.1. The van der Waals surface area contributed by atoms with Crippen LogP contribution in [0.4, 0.5) is 0 Å². The molecule has 27 heavy (non-hydrogen) atoms. The predicted molar refractivity (Wildman–Crippen MR) is 119 cm³/mol.